The van der Waals surface area contributed by atoms with Crippen LogP contribution in [0.15, 0.2) is 54.6 Å². The largest absolute Gasteiger partial charge is 0.481 e. The average molecular weight is 309 g/mol. The van der Waals surface area contributed by atoms with Gasteiger partial charge in [-0.15, -0.1) is 0 Å². The summed E-state index contributed by atoms with van der Waals surface area (Å²) in [6.07, 6.45) is 1.73. The molecule has 2 aromatic carbocycles. The molecule has 2 N–H and O–H groups in total. The van der Waals surface area contributed by atoms with E-state index in [1.165, 1.54) is 0 Å². The number of rotatable bonds is 5. The second kappa shape index (κ2) is 6.65. The van der Waals surface area contributed by atoms with Gasteiger partial charge in [0.05, 0.1) is 5.92 Å². The first-order valence-electron chi connectivity index (χ1n) is 7.79. The van der Waals surface area contributed by atoms with Gasteiger partial charge in [0.2, 0.25) is 0 Å². The number of hydrogen-bond acceptors (Lipinski definition) is 2. The van der Waals surface area contributed by atoms with Crippen molar-refractivity contribution in [3.05, 3.63) is 71.3 Å². The van der Waals surface area contributed by atoms with Crippen molar-refractivity contribution in [3.63, 3.8) is 0 Å². The van der Waals surface area contributed by atoms with Crippen LogP contribution in [-0.4, -0.2) is 23.0 Å². The molecule has 4 heteroatoms. The molecule has 0 bridgehead atoms. The summed E-state index contributed by atoms with van der Waals surface area (Å²) >= 11 is 0. The molecule has 0 saturated heterocycles. The zero-order chi connectivity index (χ0) is 16.2. The third-order valence-corrected chi connectivity index (χ3v) is 4.32. The Morgan fingerprint density at radius 3 is 2.35 bits per heavy atom. The first-order chi connectivity index (χ1) is 11.1. The number of benzene rings is 2. The third-order valence-electron chi connectivity index (χ3n) is 4.32. The van der Waals surface area contributed by atoms with Crippen molar-refractivity contribution < 1.29 is 14.7 Å². The van der Waals surface area contributed by atoms with Crippen LogP contribution >= 0.6 is 0 Å². The molecule has 0 spiro atoms. The SMILES string of the molecule is O=C(NC1CC(C(=O)O)C1)c1ccccc1Cc1ccccc1. The molecule has 0 aromatic heterocycles. The van der Waals surface area contributed by atoms with Crippen molar-refractivity contribution in [1.82, 2.24) is 5.32 Å². The molecule has 0 aliphatic heterocycles. The molecule has 1 amide bonds. The van der Waals surface area contributed by atoms with E-state index in [4.69, 9.17) is 5.11 Å². The van der Waals surface area contributed by atoms with Crippen LogP contribution in [0, 0.1) is 5.92 Å². The highest BCUT2D eigenvalue weighted by atomic mass is 16.4. The Morgan fingerprint density at radius 1 is 1.00 bits per heavy atom. The fourth-order valence-electron chi connectivity index (χ4n) is 2.91. The van der Waals surface area contributed by atoms with Gasteiger partial charge in [-0.3, -0.25) is 9.59 Å². The molecule has 23 heavy (non-hydrogen) atoms. The fourth-order valence-corrected chi connectivity index (χ4v) is 2.91. The summed E-state index contributed by atoms with van der Waals surface area (Å²) in [5, 5.41) is 11.8. The summed E-state index contributed by atoms with van der Waals surface area (Å²) in [5.41, 5.74) is 2.79. The molecule has 0 atom stereocenters. The standard InChI is InChI=1S/C19H19NO3/c21-18(20-16-11-15(12-16)19(22)23)17-9-5-4-8-14(17)10-13-6-2-1-3-7-13/h1-9,15-16H,10-12H2,(H,20,21)(H,22,23). The second-order valence-corrected chi connectivity index (χ2v) is 6.00. The van der Waals surface area contributed by atoms with Crippen LogP contribution in [0.25, 0.3) is 0 Å². The van der Waals surface area contributed by atoms with Crippen LogP contribution < -0.4 is 5.32 Å². The number of carboxylic acids is 1. The molecule has 1 saturated carbocycles. The summed E-state index contributed by atoms with van der Waals surface area (Å²) in [6.45, 7) is 0. The Kier molecular flexibility index (Phi) is 4.42. The van der Waals surface area contributed by atoms with Crippen molar-refractivity contribution >= 4 is 11.9 Å². The highest BCUT2D eigenvalue weighted by Gasteiger charge is 2.35. The number of amides is 1. The van der Waals surface area contributed by atoms with E-state index >= 15 is 0 Å². The van der Waals surface area contributed by atoms with Gasteiger partial charge in [-0.25, -0.2) is 0 Å². The van der Waals surface area contributed by atoms with Crippen LogP contribution in [0.1, 0.15) is 34.3 Å². The van der Waals surface area contributed by atoms with Gasteiger partial charge in [0, 0.05) is 11.6 Å². The molecule has 0 unspecified atom stereocenters. The third kappa shape index (κ3) is 3.59. The van der Waals surface area contributed by atoms with E-state index < -0.39 is 5.97 Å². The normalized spacial score (nSPS) is 19.7. The maximum absolute atomic E-state index is 12.5. The van der Waals surface area contributed by atoms with E-state index in [0.29, 0.717) is 24.8 Å². The van der Waals surface area contributed by atoms with Gasteiger partial charge in [0.25, 0.3) is 5.91 Å². The van der Waals surface area contributed by atoms with Crippen molar-refractivity contribution in [2.45, 2.75) is 25.3 Å². The Balaban J connectivity index is 1.68. The number of aliphatic carboxylic acids is 1. The lowest BCUT2D eigenvalue weighted by Crippen LogP contribution is -2.46. The topological polar surface area (TPSA) is 66.4 Å². The van der Waals surface area contributed by atoms with Gasteiger partial charge in [0.15, 0.2) is 0 Å². The Morgan fingerprint density at radius 2 is 1.65 bits per heavy atom. The Hall–Kier alpha value is -2.62. The molecule has 2 aromatic rings. The molecule has 1 aliphatic rings. The lowest BCUT2D eigenvalue weighted by atomic mass is 9.80. The summed E-state index contributed by atoms with van der Waals surface area (Å²) in [4.78, 5) is 23.3. The van der Waals surface area contributed by atoms with Crippen LogP contribution in [0.3, 0.4) is 0 Å². The first kappa shape index (κ1) is 15.3. The molecular formula is C19H19NO3. The van der Waals surface area contributed by atoms with Gasteiger partial charge in [-0.1, -0.05) is 48.5 Å². The van der Waals surface area contributed by atoms with E-state index in [0.717, 1.165) is 11.1 Å². The molecule has 3 rings (SSSR count). The van der Waals surface area contributed by atoms with E-state index in [1.54, 1.807) is 0 Å². The predicted molar refractivity (Wildman–Crippen MR) is 87.3 cm³/mol. The lowest BCUT2D eigenvalue weighted by Gasteiger charge is -2.33. The van der Waals surface area contributed by atoms with Gasteiger partial charge < -0.3 is 10.4 Å². The monoisotopic (exact) mass is 309 g/mol. The molecule has 1 fully saturated rings. The van der Waals surface area contributed by atoms with Crippen molar-refractivity contribution in [3.8, 4) is 0 Å². The molecule has 0 radical (unpaired) electrons. The maximum atomic E-state index is 12.5. The highest BCUT2D eigenvalue weighted by molar-refractivity contribution is 5.96. The van der Waals surface area contributed by atoms with Crippen molar-refractivity contribution in [1.29, 1.82) is 0 Å². The Labute approximate surface area is 135 Å². The Bertz CT molecular complexity index is 706. The number of carboxylic acid groups (broad SMARTS) is 1. The van der Waals surface area contributed by atoms with Gasteiger partial charge in [-0.05, 0) is 36.5 Å². The highest BCUT2D eigenvalue weighted by Crippen LogP contribution is 2.28. The van der Waals surface area contributed by atoms with E-state index in [2.05, 4.69) is 5.32 Å². The maximum Gasteiger partial charge on any atom is 0.306 e. The average Bonchev–Trinajstić information content (AvgIpc) is 2.51. The van der Waals surface area contributed by atoms with E-state index in [-0.39, 0.29) is 17.9 Å². The second-order valence-electron chi connectivity index (χ2n) is 6.00. The first-order valence-corrected chi connectivity index (χ1v) is 7.79. The minimum atomic E-state index is -0.778. The smallest absolute Gasteiger partial charge is 0.306 e. The minimum absolute atomic E-state index is 0.0339. The summed E-state index contributed by atoms with van der Waals surface area (Å²) < 4.78 is 0. The summed E-state index contributed by atoms with van der Waals surface area (Å²) in [6, 6.07) is 17.5. The lowest BCUT2D eigenvalue weighted by molar-refractivity contribution is -0.145. The molecule has 4 nitrogen and oxygen atoms in total. The minimum Gasteiger partial charge on any atom is -0.481 e. The number of carbonyl (C=O) groups excluding carboxylic acids is 1. The summed E-state index contributed by atoms with van der Waals surface area (Å²) in [7, 11) is 0. The van der Waals surface area contributed by atoms with Crippen LogP contribution in [-0.2, 0) is 11.2 Å². The number of hydrogen-bond donors (Lipinski definition) is 2. The number of carbonyl (C=O) groups is 2. The molecule has 118 valence electrons. The zero-order valence-electron chi connectivity index (χ0n) is 12.7. The van der Waals surface area contributed by atoms with E-state index in [1.807, 2.05) is 54.6 Å². The molecule has 0 heterocycles. The van der Waals surface area contributed by atoms with Crippen molar-refractivity contribution in [2.75, 3.05) is 0 Å². The fraction of sp³-hybridized carbons (Fsp3) is 0.263. The molecular weight excluding hydrogens is 290 g/mol. The quantitative estimate of drug-likeness (QED) is 0.892. The van der Waals surface area contributed by atoms with Gasteiger partial charge >= 0.3 is 5.97 Å². The predicted octanol–water partition coefficient (Wildman–Crippen LogP) is 2.87. The van der Waals surface area contributed by atoms with Crippen LogP contribution in [0.2, 0.25) is 0 Å². The van der Waals surface area contributed by atoms with Crippen LogP contribution in [0.5, 0.6) is 0 Å². The molecule has 1 aliphatic carbocycles. The van der Waals surface area contributed by atoms with Gasteiger partial charge in [-0.2, -0.15) is 0 Å². The zero-order valence-corrected chi connectivity index (χ0v) is 12.7. The van der Waals surface area contributed by atoms with Crippen LogP contribution in [0.4, 0.5) is 0 Å². The summed E-state index contributed by atoms with van der Waals surface area (Å²) in [5.74, 6) is -1.22. The van der Waals surface area contributed by atoms with Gasteiger partial charge in [0.1, 0.15) is 0 Å². The van der Waals surface area contributed by atoms with Crippen molar-refractivity contribution in [2.24, 2.45) is 5.92 Å². The van der Waals surface area contributed by atoms with E-state index in [9.17, 15) is 9.59 Å². The number of nitrogens with one attached hydrogen (secondary N) is 1.